The molecule has 2 aromatic carbocycles. The van der Waals surface area contributed by atoms with Gasteiger partial charge in [-0.1, -0.05) is 42.5 Å². The molecule has 2 rings (SSSR count). The Morgan fingerprint density at radius 3 is 2.68 bits per heavy atom. The third-order valence-corrected chi connectivity index (χ3v) is 3.44. The second-order valence-electron chi connectivity index (χ2n) is 4.89. The van der Waals surface area contributed by atoms with Crippen LogP contribution in [0.25, 0.3) is 10.8 Å². The van der Waals surface area contributed by atoms with Gasteiger partial charge in [0.1, 0.15) is 0 Å². The molecule has 0 aliphatic heterocycles. The molecule has 1 atom stereocenters. The van der Waals surface area contributed by atoms with Gasteiger partial charge >= 0.3 is 0 Å². The standard InChI is InChI=1S/C16H20ClNO/c1-18(11-15(17)12-19-2)10-14-8-5-7-13-6-3-4-9-16(13)14/h3-9,15H,10-12H2,1-2H3. The quantitative estimate of drug-likeness (QED) is 0.749. The van der Waals surface area contributed by atoms with Crippen molar-refractivity contribution in [2.45, 2.75) is 11.9 Å². The van der Waals surface area contributed by atoms with E-state index in [0.717, 1.165) is 13.1 Å². The zero-order chi connectivity index (χ0) is 13.7. The van der Waals surface area contributed by atoms with Crippen molar-refractivity contribution in [1.82, 2.24) is 4.90 Å². The van der Waals surface area contributed by atoms with Crippen LogP contribution in [0.1, 0.15) is 5.56 Å². The largest absolute Gasteiger partial charge is 0.383 e. The van der Waals surface area contributed by atoms with Gasteiger partial charge in [-0.05, 0) is 23.4 Å². The highest BCUT2D eigenvalue weighted by Gasteiger charge is 2.09. The number of alkyl halides is 1. The van der Waals surface area contributed by atoms with Crippen molar-refractivity contribution in [3.63, 3.8) is 0 Å². The molecule has 0 radical (unpaired) electrons. The number of ether oxygens (including phenoxy) is 1. The van der Waals surface area contributed by atoms with Crippen molar-refractivity contribution in [2.75, 3.05) is 27.3 Å². The highest BCUT2D eigenvalue weighted by Crippen LogP contribution is 2.19. The van der Waals surface area contributed by atoms with Crippen molar-refractivity contribution in [1.29, 1.82) is 0 Å². The van der Waals surface area contributed by atoms with E-state index in [-0.39, 0.29) is 5.38 Å². The molecule has 1 unspecified atom stereocenters. The van der Waals surface area contributed by atoms with Crippen LogP contribution in [-0.4, -0.2) is 37.6 Å². The van der Waals surface area contributed by atoms with Crippen LogP contribution in [0, 0.1) is 0 Å². The van der Waals surface area contributed by atoms with Crippen LogP contribution >= 0.6 is 11.6 Å². The zero-order valence-electron chi connectivity index (χ0n) is 11.5. The molecule has 0 spiro atoms. The highest BCUT2D eigenvalue weighted by atomic mass is 35.5. The predicted octanol–water partition coefficient (Wildman–Crippen LogP) is 3.53. The fourth-order valence-electron chi connectivity index (χ4n) is 2.36. The topological polar surface area (TPSA) is 12.5 Å². The molecule has 0 heterocycles. The van der Waals surface area contributed by atoms with E-state index in [9.17, 15) is 0 Å². The second kappa shape index (κ2) is 6.90. The molecule has 0 bridgehead atoms. The van der Waals surface area contributed by atoms with E-state index in [4.69, 9.17) is 16.3 Å². The molecule has 0 amide bonds. The molecule has 0 aliphatic carbocycles. The van der Waals surface area contributed by atoms with E-state index in [1.165, 1.54) is 16.3 Å². The lowest BCUT2D eigenvalue weighted by molar-refractivity contribution is 0.181. The third kappa shape index (κ3) is 3.93. The molecular formula is C16H20ClNO. The average Bonchev–Trinajstić information content (AvgIpc) is 2.39. The van der Waals surface area contributed by atoms with Gasteiger partial charge in [0.15, 0.2) is 0 Å². The molecule has 19 heavy (non-hydrogen) atoms. The minimum Gasteiger partial charge on any atom is -0.383 e. The molecule has 0 fully saturated rings. The van der Waals surface area contributed by atoms with Gasteiger partial charge in [0.25, 0.3) is 0 Å². The summed E-state index contributed by atoms with van der Waals surface area (Å²) < 4.78 is 5.07. The van der Waals surface area contributed by atoms with E-state index in [0.29, 0.717) is 6.61 Å². The maximum absolute atomic E-state index is 6.19. The fraction of sp³-hybridized carbons (Fsp3) is 0.375. The molecule has 0 N–H and O–H groups in total. The van der Waals surface area contributed by atoms with E-state index in [1.807, 2.05) is 0 Å². The number of nitrogens with zero attached hydrogens (tertiary/aromatic N) is 1. The highest BCUT2D eigenvalue weighted by molar-refractivity contribution is 6.20. The van der Waals surface area contributed by atoms with Crippen molar-refractivity contribution in [3.8, 4) is 0 Å². The Balaban J connectivity index is 2.08. The Morgan fingerprint density at radius 1 is 1.16 bits per heavy atom. The van der Waals surface area contributed by atoms with Crippen LogP contribution in [0.15, 0.2) is 42.5 Å². The molecule has 2 nitrogen and oxygen atoms in total. The smallest absolute Gasteiger partial charge is 0.0696 e. The number of rotatable bonds is 6. The molecule has 0 aromatic heterocycles. The summed E-state index contributed by atoms with van der Waals surface area (Å²) in [6, 6.07) is 14.9. The molecule has 0 saturated heterocycles. The van der Waals surface area contributed by atoms with E-state index in [2.05, 4.69) is 54.4 Å². The molecular weight excluding hydrogens is 258 g/mol. The first-order chi connectivity index (χ1) is 9.20. The zero-order valence-corrected chi connectivity index (χ0v) is 12.2. The maximum Gasteiger partial charge on any atom is 0.0696 e. The summed E-state index contributed by atoms with van der Waals surface area (Å²) in [4.78, 5) is 2.23. The Bertz CT molecular complexity index is 524. The number of fused-ring (bicyclic) bond motifs is 1. The second-order valence-corrected chi connectivity index (χ2v) is 5.50. The molecule has 3 heteroatoms. The van der Waals surface area contributed by atoms with Crippen molar-refractivity contribution in [2.24, 2.45) is 0 Å². The van der Waals surface area contributed by atoms with Gasteiger partial charge in [0.2, 0.25) is 0 Å². The van der Waals surface area contributed by atoms with Crippen molar-refractivity contribution in [3.05, 3.63) is 48.0 Å². The molecule has 0 saturated carbocycles. The lowest BCUT2D eigenvalue weighted by Crippen LogP contribution is -2.28. The van der Waals surface area contributed by atoms with Gasteiger partial charge < -0.3 is 9.64 Å². The Morgan fingerprint density at radius 2 is 1.89 bits per heavy atom. The van der Waals surface area contributed by atoms with E-state index in [1.54, 1.807) is 7.11 Å². The third-order valence-electron chi connectivity index (χ3n) is 3.18. The fourth-order valence-corrected chi connectivity index (χ4v) is 2.72. The first kappa shape index (κ1) is 14.3. The van der Waals surface area contributed by atoms with Crippen LogP contribution < -0.4 is 0 Å². The predicted molar refractivity (Wildman–Crippen MR) is 81.8 cm³/mol. The molecule has 0 aliphatic rings. The van der Waals surface area contributed by atoms with E-state index >= 15 is 0 Å². The summed E-state index contributed by atoms with van der Waals surface area (Å²) in [5, 5.41) is 2.63. The van der Waals surface area contributed by atoms with Crippen LogP contribution in [0.4, 0.5) is 0 Å². The average molecular weight is 278 g/mol. The van der Waals surface area contributed by atoms with Gasteiger partial charge in [-0.2, -0.15) is 0 Å². The summed E-state index contributed by atoms with van der Waals surface area (Å²) in [5.41, 5.74) is 1.34. The SMILES string of the molecule is COCC(Cl)CN(C)Cc1cccc2ccccc12. The number of hydrogen-bond donors (Lipinski definition) is 0. The van der Waals surface area contributed by atoms with Gasteiger partial charge in [-0.3, -0.25) is 0 Å². The number of methoxy groups -OCH3 is 1. The summed E-state index contributed by atoms with van der Waals surface area (Å²) in [5.74, 6) is 0. The van der Waals surface area contributed by atoms with Gasteiger partial charge in [0, 0.05) is 20.2 Å². The minimum absolute atomic E-state index is 0.0324. The summed E-state index contributed by atoms with van der Waals surface area (Å²) >= 11 is 6.19. The van der Waals surface area contributed by atoms with Crippen LogP contribution in [0.5, 0.6) is 0 Å². The van der Waals surface area contributed by atoms with E-state index < -0.39 is 0 Å². The maximum atomic E-state index is 6.19. The Hall–Kier alpha value is -1.09. The summed E-state index contributed by atoms with van der Waals surface area (Å²) in [6.45, 7) is 2.30. The summed E-state index contributed by atoms with van der Waals surface area (Å²) in [6.07, 6.45) is 0. The Labute approximate surface area is 119 Å². The van der Waals surface area contributed by atoms with Crippen LogP contribution in [-0.2, 0) is 11.3 Å². The van der Waals surface area contributed by atoms with Crippen molar-refractivity contribution >= 4 is 22.4 Å². The molecule has 2 aromatic rings. The lowest BCUT2D eigenvalue weighted by Gasteiger charge is -2.20. The minimum atomic E-state index is 0.0324. The van der Waals surface area contributed by atoms with Gasteiger partial charge in [-0.25, -0.2) is 0 Å². The normalized spacial score (nSPS) is 13.1. The first-order valence-electron chi connectivity index (χ1n) is 6.49. The first-order valence-corrected chi connectivity index (χ1v) is 6.92. The van der Waals surface area contributed by atoms with Crippen LogP contribution in [0.3, 0.4) is 0 Å². The number of halogens is 1. The summed E-state index contributed by atoms with van der Waals surface area (Å²) in [7, 11) is 3.77. The lowest BCUT2D eigenvalue weighted by atomic mass is 10.0. The monoisotopic (exact) mass is 277 g/mol. The Kier molecular flexibility index (Phi) is 5.20. The molecule has 102 valence electrons. The number of hydrogen-bond acceptors (Lipinski definition) is 2. The van der Waals surface area contributed by atoms with Crippen molar-refractivity contribution < 1.29 is 4.74 Å². The number of benzene rings is 2. The van der Waals surface area contributed by atoms with Gasteiger partial charge in [-0.15, -0.1) is 11.6 Å². The van der Waals surface area contributed by atoms with Crippen LogP contribution in [0.2, 0.25) is 0 Å². The van der Waals surface area contributed by atoms with Gasteiger partial charge in [0.05, 0.1) is 12.0 Å².